The first kappa shape index (κ1) is 90.5. The lowest BCUT2D eigenvalue weighted by Crippen LogP contribution is -2.61. The molecule has 0 aromatic carbocycles. The van der Waals surface area contributed by atoms with Crippen LogP contribution in [0.25, 0.3) is 0 Å². The van der Waals surface area contributed by atoms with E-state index in [2.05, 4.69) is 0 Å². The van der Waals surface area contributed by atoms with Gasteiger partial charge in [-0.1, -0.05) is 90.8 Å². The summed E-state index contributed by atoms with van der Waals surface area (Å²) in [6.07, 6.45) is 15.1. The Kier molecular flexibility index (Phi) is 32.8. The van der Waals surface area contributed by atoms with Crippen LogP contribution in [0.4, 0.5) is 0 Å². The smallest absolute Gasteiger partial charge is 0.340 e. The van der Waals surface area contributed by atoms with E-state index in [1.807, 2.05) is 82.0 Å². The summed E-state index contributed by atoms with van der Waals surface area (Å²) < 4.78 is 54.3. The lowest BCUT2D eigenvalue weighted by molar-refractivity contribution is -0.265. The van der Waals surface area contributed by atoms with Crippen LogP contribution in [-0.4, -0.2) is 224 Å². The first-order chi connectivity index (χ1) is 53.0. The van der Waals surface area contributed by atoms with Gasteiger partial charge in [-0.05, 0) is 191 Å². The van der Waals surface area contributed by atoms with Gasteiger partial charge in [0.25, 0.3) is 11.7 Å². The van der Waals surface area contributed by atoms with Crippen LogP contribution in [0.5, 0.6) is 0 Å². The lowest BCUT2D eigenvalue weighted by atomic mass is 9.53. The molecule has 2 bridgehead atoms. The number of hydrogen-bond donors (Lipinski definition) is 3. The summed E-state index contributed by atoms with van der Waals surface area (Å²) >= 11 is 0. The number of esters is 5. The van der Waals surface area contributed by atoms with Gasteiger partial charge in [0.15, 0.2) is 11.5 Å². The third-order valence-corrected chi connectivity index (χ3v) is 25.3. The van der Waals surface area contributed by atoms with E-state index in [0.717, 1.165) is 18.5 Å². The molecule has 0 aromatic heterocycles. The normalized spacial score (nSPS) is 35.9. The Balaban J connectivity index is 0.868. The fourth-order valence-electron chi connectivity index (χ4n) is 18.7. The summed E-state index contributed by atoms with van der Waals surface area (Å²) in [5, 5.41) is 35.9. The highest BCUT2D eigenvalue weighted by molar-refractivity contribution is 6.39. The molecule has 25 heteroatoms. The van der Waals surface area contributed by atoms with E-state index >= 15 is 0 Å². The van der Waals surface area contributed by atoms with Crippen molar-refractivity contribution in [2.75, 3.05) is 68.7 Å². The largest absolute Gasteiger partial charge is 0.504 e. The van der Waals surface area contributed by atoms with Crippen LogP contribution >= 0.6 is 0 Å². The number of nitrogens with zero attached hydrogens (tertiary/aromatic N) is 3. The van der Waals surface area contributed by atoms with E-state index in [9.17, 15) is 63.3 Å². The molecule has 0 radical (unpaired) electrons. The highest BCUT2D eigenvalue weighted by Crippen LogP contribution is 2.64. The van der Waals surface area contributed by atoms with E-state index in [0.29, 0.717) is 120 Å². The minimum Gasteiger partial charge on any atom is -0.504 e. The molecule has 18 atom stereocenters. The second-order valence-corrected chi connectivity index (χ2v) is 34.1. The molecule has 8 rings (SSSR count). The number of aliphatic hydroxyl groups is 3. The third kappa shape index (κ3) is 21.7. The average molecular weight is 1570 g/mol. The van der Waals surface area contributed by atoms with E-state index in [1.165, 1.54) is 26.0 Å². The number of ether oxygens (including phenoxy) is 9. The van der Waals surface area contributed by atoms with Crippen molar-refractivity contribution in [3.8, 4) is 0 Å². The van der Waals surface area contributed by atoms with Crippen molar-refractivity contribution >= 4 is 58.9 Å². The van der Waals surface area contributed by atoms with Crippen molar-refractivity contribution in [2.45, 2.75) is 284 Å². The molecule has 8 aliphatic rings. The lowest BCUT2D eigenvalue weighted by Gasteiger charge is -2.54. The molecule has 624 valence electrons. The molecule has 2 unspecified atom stereocenters. The maximum Gasteiger partial charge on any atom is 0.340 e. The van der Waals surface area contributed by atoms with Crippen LogP contribution in [0.3, 0.4) is 0 Å². The molecule has 25 nitrogen and oxygen atoms in total. The van der Waals surface area contributed by atoms with Crippen LogP contribution in [0.1, 0.15) is 217 Å². The number of fused-ring (bicyclic) bond motifs is 7. The van der Waals surface area contributed by atoms with Gasteiger partial charge in [-0.15, -0.1) is 0 Å². The van der Waals surface area contributed by atoms with Crippen LogP contribution in [0.15, 0.2) is 81.9 Å². The molecule has 2 saturated carbocycles. The minimum absolute atomic E-state index is 0.0221. The predicted octanol–water partition coefficient (Wildman–Crippen LogP) is 11.1. The number of rotatable bonds is 22. The fraction of sp³-hybridized carbons (Fsp3) is 0.724. The Labute approximate surface area is 663 Å². The fourth-order valence-corrected chi connectivity index (χ4v) is 18.7. The molecular formula is C87H129N3O22. The van der Waals surface area contributed by atoms with Gasteiger partial charge in [0.2, 0.25) is 11.6 Å². The average Bonchev–Trinajstić information content (AvgIpc) is 1.20. The predicted molar refractivity (Wildman–Crippen MR) is 417 cm³/mol. The molecule has 3 N–H and O–H groups in total. The number of cyclic esters (lactones) is 2. The Hall–Kier alpha value is -7.00. The van der Waals surface area contributed by atoms with Gasteiger partial charge in [-0.2, -0.15) is 0 Å². The van der Waals surface area contributed by atoms with E-state index in [-0.39, 0.29) is 104 Å². The molecule has 4 heterocycles. The van der Waals surface area contributed by atoms with Gasteiger partial charge >= 0.3 is 29.8 Å². The molecule has 4 aliphatic heterocycles. The van der Waals surface area contributed by atoms with E-state index < -0.39 is 148 Å². The summed E-state index contributed by atoms with van der Waals surface area (Å²) in [6, 6.07) is -1.21. The van der Waals surface area contributed by atoms with Crippen molar-refractivity contribution in [2.24, 2.45) is 52.3 Å². The summed E-state index contributed by atoms with van der Waals surface area (Å²) in [5.41, 5.74) is -0.207. The second kappa shape index (κ2) is 40.5. The van der Waals surface area contributed by atoms with E-state index in [1.54, 1.807) is 61.1 Å². The standard InChI is InChI=1S/C87H129N3O22/c1-51-27-20-19-21-28-52(2)66(105-15)46-61-35-32-57(7)87(103,112-61)81(99)82(100)90-42-25-24-29-64(90)84(102)109-67(47-65(92)53(3)44-56(6)77(96)80(106-16)76(95)55(5)43-51)54(4)45-59-33-36-60(37-34-59)108-71(93)30-22-17-18-23-31-72(94)110-69-39-38-63-73-75(68(107-58(8)91)48-85(63,69)9)86(10)70(50-104-14)111-83(101)62(74(86)79(98)78(73)97)49-89(13)41-26-40-88(11)12/h19-21,27-28,44,49,51,53-55,57,59-61,63-64,66-70,77,80,96,98,103H,17-18,22-26,29-43,45-48,50H2,1-16H3/b21-19+,27-20+,52-28+,56-44+,62-49-/t51-,53-,54-,55-,57-,59?,60?,61+,63?,64?,66+,67+,68-,69+,70-,77-,80+,85+,86+,87-/m1/s1. The number of aliphatic hydroxyl groups excluding tert-OH is 2. The highest BCUT2D eigenvalue weighted by atomic mass is 16.6. The number of Topliss-reactive ketones (excluding diaryl/α,β-unsaturated/α-hetero) is 4. The molecule has 4 aliphatic carbocycles. The molecule has 0 aromatic rings. The minimum atomic E-state index is -2.49. The van der Waals surface area contributed by atoms with Gasteiger partial charge in [0.1, 0.15) is 54.6 Å². The number of carbonyl (C=O) groups is 10. The van der Waals surface area contributed by atoms with Crippen LogP contribution in [-0.2, 0) is 90.6 Å². The molecule has 1 amide bonds. The van der Waals surface area contributed by atoms with Gasteiger partial charge < -0.3 is 72.7 Å². The van der Waals surface area contributed by atoms with Crippen molar-refractivity contribution in [1.29, 1.82) is 0 Å². The summed E-state index contributed by atoms with van der Waals surface area (Å²) in [6.45, 7) is 18.9. The first-order valence-corrected chi connectivity index (χ1v) is 41.0. The van der Waals surface area contributed by atoms with Gasteiger partial charge in [0.05, 0.1) is 29.8 Å². The van der Waals surface area contributed by atoms with Crippen LogP contribution in [0, 0.1) is 52.3 Å². The number of allylic oxidation sites excluding steroid dienone is 7. The Morgan fingerprint density at radius 1 is 0.768 bits per heavy atom. The zero-order chi connectivity index (χ0) is 82.3. The maximum absolute atomic E-state index is 14.9. The zero-order valence-corrected chi connectivity index (χ0v) is 69.4. The summed E-state index contributed by atoms with van der Waals surface area (Å²) in [5.74, 6) is -12.3. The number of carbonyl (C=O) groups excluding carboxylic acids is 10. The molecule has 3 saturated heterocycles. The number of hydrogen-bond acceptors (Lipinski definition) is 24. The number of unbranched alkanes of at least 4 members (excludes halogenated alkanes) is 3. The maximum atomic E-state index is 14.9. The third-order valence-electron chi connectivity index (χ3n) is 25.3. The molecule has 5 fully saturated rings. The molecule has 112 heavy (non-hydrogen) atoms. The second-order valence-electron chi connectivity index (χ2n) is 34.1. The summed E-state index contributed by atoms with van der Waals surface area (Å²) in [7, 11) is 10.1. The Bertz CT molecular complexity index is 3620. The number of ketones is 4. The zero-order valence-electron chi connectivity index (χ0n) is 69.4. The van der Waals surface area contributed by atoms with Crippen molar-refractivity contribution in [1.82, 2.24) is 14.7 Å². The molecule has 0 spiro atoms. The monoisotopic (exact) mass is 1570 g/mol. The van der Waals surface area contributed by atoms with Gasteiger partial charge in [0, 0.05) is 115 Å². The Morgan fingerprint density at radius 3 is 2.11 bits per heavy atom. The van der Waals surface area contributed by atoms with Gasteiger partial charge in [-0.3, -0.25) is 38.4 Å². The van der Waals surface area contributed by atoms with Crippen molar-refractivity contribution < 1.29 is 106 Å². The van der Waals surface area contributed by atoms with Crippen molar-refractivity contribution in [3.63, 3.8) is 0 Å². The van der Waals surface area contributed by atoms with Crippen LogP contribution in [0.2, 0.25) is 0 Å². The van der Waals surface area contributed by atoms with Crippen molar-refractivity contribution in [3.05, 3.63) is 81.9 Å². The number of amides is 1. The number of methoxy groups -OCH3 is 3. The number of piperidine rings is 1. The molecular weight excluding hydrogens is 1440 g/mol. The Morgan fingerprint density at radius 2 is 1.46 bits per heavy atom. The summed E-state index contributed by atoms with van der Waals surface area (Å²) in [4.78, 5) is 146. The van der Waals surface area contributed by atoms with Crippen LogP contribution < -0.4 is 0 Å². The highest BCUT2D eigenvalue weighted by Gasteiger charge is 2.65. The topological polar surface area (TPSA) is 324 Å². The van der Waals surface area contributed by atoms with E-state index in [4.69, 9.17) is 42.6 Å². The first-order valence-electron chi connectivity index (χ1n) is 41.0. The SMILES string of the molecule is COC[C@H]1OC(=O)/C(=C\N(C)CCCN(C)C)C2=C(O)C(=O)C3=C([C@H](OC(C)=O)C[C@@]4(C)C3CC[C@@H]4OC(=O)CCCCCCC(=O)OC3CCC(C[C@@H](C)[C@@H]4CC(=O)[C@H](C)/C=C(\C)[C@@H](O)[C@@H](OC)C(=O)[C@H](C)C[C@H](C)/C=C/C=C/C=C(\C)[C@@H](OC)C[C@@H]5CC[C@@H](C)[C@@](O)(O5)C(=O)C(=O)N5CCCCC5C(=O)O4)CC3)[C@]21C. The van der Waals surface area contributed by atoms with Gasteiger partial charge in [-0.25, -0.2) is 9.59 Å². The quantitative estimate of drug-likeness (QED) is 0.0226.